The molecular formula is C19H18O2. The summed E-state index contributed by atoms with van der Waals surface area (Å²) < 4.78 is 5.78. The number of ether oxygens (including phenoxy) is 1. The van der Waals surface area contributed by atoms with Crippen LogP contribution in [0.1, 0.15) is 12.5 Å². The van der Waals surface area contributed by atoms with Crippen molar-refractivity contribution in [2.24, 2.45) is 0 Å². The second-order valence-electron chi connectivity index (χ2n) is 5.44. The van der Waals surface area contributed by atoms with Crippen molar-refractivity contribution in [3.8, 4) is 5.75 Å². The van der Waals surface area contributed by atoms with Gasteiger partial charge in [-0.25, -0.2) is 0 Å². The molecule has 0 fully saturated rings. The molecule has 0 amide bonds. The molecule has 1 N–H and O–H groups in total. The van der Waals surface area contributed by atoms with Gasteiger partial charge in [-0.3, -0.25) is 0 Å². The van der Waals surface area contributed by atoms with Crippen LogP contribution in [0.15, 0.2) is 72.8 Å². The third-order valence-electron chi connectivity index (χ3n) is 3.64. The van der Waals surface area contributed by atoms with Gasteiger partial charge in [-0.1, -0.05) is 60.7 Å². The van der Waals surface area contributed by atoms with Crippen LogP contribution in [-0.2, 0) is 5.60 Å². The fraction of sp³-hybridized carbons (Fsp3) is 0.158. The number of aliphatic hydroxyl groups is 1. The molecule has 0 radical (unpaired) electrons. The lowest BCUT2D eigenvalue weighted by Crippen LogP contribution is -2.29. The van der Waals surface area contributed by atoms with Crippen molar-refractivity contribution in [2.45, 2.75) is 12.5 Å². The molecule has 0 aliphatic carbocycles. The van der Waals surface area contributed by atoms with E-state index in [4.69, 9.17) is 4.74 Å². The Morgan fingerprint density at radius 2 is 1.52 bits per heavy atom. The molecule has 2 heteroatoms. The van der Waals surface area contributed by atoms with Gasteiger partial charge in [0.1, 0.15) is 18.0 Å². The molecule has 3 aromatic rings. The Balaban J connectivity index is 1.77. The predicted octanol–water partition coefficient (Wildman–Crippen LogP) is 4.13. The van der Waals surface area contributed by atoms with Crippen molar-refractivity contribution in [3.63, 3.8) is 0 Å². The Kier molecular flexibility index (Phi) is 3.63. The molecule has 2 nitrogen and oxygen atoms in total. The highest BCUT2D eigenvalue weighted by molar-refractivity contribution is 5.83. The van der Waals surface area contributed by atoms with Crippen molar-refractivity contribution in [2.75, 3.05) is 6.61 Å². The van der Waals surface area contributed by atoms with Crippen molar-refractivity contribution in [1.82, 2.24) is 0 Å². The summed E-state index contributed by atoms with van der Waals surface area (Å²) in [5, 5.41) is 12.8. The third-order valence-corrected chi connectivity index (χ3v) is 3.64. The van der Waals surface area contributed by atoms with Crippen LogP contribution >= 0.6 is 0 Å². The van der Waals surface area contributed by atoms with Crippen LogP contribution in [0.3, 0.4) is 0 Å². The first-order valence-electron chi connectivity index (χ1n) is 7.05. The van der Waals surface area contributed by atoms with Crippen molar-refractivity contribution < 1.29 is 9.84 Å². The van der Waals surface area contributed by atoms with Crippen LogP contribution < -0.4 is 4.74 Å². The Bertz CT molecular complexity index is 733. The second-order valence-corrected chi connectivity index (χ2v) is 5.44. The molecule has 0 aliphatic heterocycles. The van der Waals surface area contributed by atoms with E-state index in [1.165, 1.54) is 5.39 Å². The van der Waals surface area contributed by atoms with Crippen LogP contribution in [-0.4, -0.2) is 11.7 Å². The number of benzene rings is 3. The van der Waals surface area contributed by atoms with E-state index in [0.717, 1.165) is 16.7 Å². The smallest absolute Gasteiger partial charge is 0.121 e. The average molecular weight is 278 g/mol. The fourth-order valence-corrected chi connectivity index (χ4v) is 2.36. The van der Waals surface area contributed by atoms with E-state index >= 15 is 0 Å². The summed E-state index contributed by atoms with van der Waals surface area (Å²) in [6, 6.07) is 23.7. The number of fused-ring (bicyclic) bond motifs is 1. The van der Waals surface area contributed by atoms with E-state index in [0.29, 0.717) is 0 Å². The quantitative estimate of drug-likeness (QED) is 0.777. The standard InChI is InChI=1S/C19H18O2/c1-19(20,17-9-3-2-4-10-17)14-21-18-12-11-15-7-5-6-8-16(15)13-18/h2-13,20H,14H2,1H3. The first kappa shape index (κ1) is 13.7. The van der Waals surface area contributed by atoms with Gasteiger partial charge in [-0.05, 0) is 35.4 Å². The zero-order chi connectivity index (χ0) is 14.7. The van der Waals surface area contributed by atoms with E-state index in [1.807, 2.05) is 60.7 Å². The number of hydrogen-bond acceptors (Lipinski definition) is 2. The van der Waals surface area contributed by atoms with Crippen LogP contribution in [0.25, 0.3) is 10.8 Å². The molecule has 1 unspecified atom stereocenters. The highest BCUT2D eigenvalue weighted by atomic mass is 16.5. The van der Waals surface area contributed by atoms with Gasteiger partial charge >= 0.3 is 0 Å². The second kappa shape index (κ2) is 5.58. The van der Waals surface area contributed by atoms with Crippen LogP contribution in [0.5, 0.6) is 5.75 Å². The number of rotatable bonds is 4. The first-order valence-corrected chi connectivity index (χ1v) is 7.05. The van der Waals surface area contributed by atoms with Gasteiger partial charge in [0.05, 0.1) is 0 Å². The lowest BCUT2D eigenvalue weighted by molar-refractivity contribution is 0.00764. The van der Waals surface area contributed by atoms with Crippen LogP contribution in [0, 0.1) is 0 Å². The Morgan fingerprint density at radius 3 is 2.29 bits per heavy atom. The first-order chi connectivity index (χ1) is 10.1. The van der Waals surface area contributed by atoms with E-state index in [1.54, 1.807) is 6.92 Å². The third kappa shape index (κ3) is 3.06. The highest BCUT2D eigenvalue weighted by Crippen LogP contribution is 2.24. The predicted molar refractivity (Wildman–Crippen MR) is 85.5 cm³/mol. The summed E-state index contributed by atoms with van der Waals surface area (Å²) in [5.41, 5.74) is -0.154. The molecule has 0 aliphatic rings. The van der Waals surface area contributed by atoms with E-state index in [9.17, 15) is 5.11 Å². The molecule has 0 bridgehead atoms. The molecule has 0 saturated heterocycles. The van der Waals surface area contributed by atoms with Gasteiger partial charge in [-0.2, -0.15) is 0 Å². The molecule has 3 aromatic carbocycles. The zero-order valence-corrected chi connectivity index (χ0v) is 12.0. The molecule has 0 heterocycles. The summed E-state index contributed by atoms with van der Waals surface area (Å²) in [5.74, 6) is 0.768. The lowest BCUT2D eigenvalue weighted by Gasteiger charge is -2.24. The van der Waals surface area contributed by atoms with Gasteiger partial charge in [0, 0.05) is 0 Å². The maximum absolute atomic E-state index is 10.5. The summed E-state index contributed by atoms with van der Waals surface area (Å²) in [6.07, 6.45) is 0. The van der Waals surface area contributed by atoms with Gasteiger partial charge in [0.2, 0.25) is 0 Å². The molecule has 21 heavy (non-hydrogen) atoms. The zero-order valence-electron chi connectivity index (χ0n) is 12.0. The number of hydrogen-bond donors (Lipinski definition) is 1. The van der Waals surface area contributed by atoms with Crippen LogP contribution in [0.2, 0.25) is 0 Å². The SMILES string of the molecule is CC(O)(COc1ccc2ccccc2c1)c1ccccc1. The summed E-state index contributed by atoms with van der Waals surface area (Å²) >= 11 is 0. The maximum Gasteiger partial charge on any atom is 0.121 e. The summed E-state index contributed by atoms with van der Waals surface area (Å²) in [4.78, 5) is 0. The molecule has 3 rings (SSSR count). The van der Waals surface area contributed by atoms with Crippen molar-refractivity contribution in [3.05, 3.63) is 78.4 Å². The molecule has 0 aromatic heterocycles. The van der Waals surface area contributed by atoms with E-state index in [2.05, 4.69) is 12.1 Å². The Hall–Kier alpha value is -2.32. The van der Waals surface area contributed by atoms with Gasteiger partial charge in [0.25, 0.3) is 0 Å². The minimum Gasteiger partial charge on any atom is -0.490 e. The minimum atomic E-state index is -1.01. The van der Waals surface area contributed by atoms with Crippen molar-refractivity contribution >= 4 is 10.8 Å². The molecule has 106 valence electrons. The van der Waals surface area contributed by atoms with Gasteiger partial charge in [-0.15, -0.1) is 0 Å². The molecule has 1 atom stereocenters. The van der Waals surface area contributed by atoms with Gasteiger partial charge in [0.15, 0.2) is 0 Å². The summed E-state index contributed by atoms with van der Waals surface area (Å²) in [7, 11) is 0. The lowest BCUT2D eigenvalue weighted by atomic mass is 9.97. The van der Waals surface area contributed by atoms with Crippen molar-refractivity contribution in [1.29, 1.82) is 0 Å². The normalized spacial score (nSPS) is 13.8. The molecule has 0 spiro atoms. The minimum absolute atomic E-state index is 0.218. The molecule has 0 saturated carbocycles. The van der Waals surface area contributed by atoms with E-state index < -0.39 is 5.60 Å². The fourth-order valence-electron chi connectivity index (χ4n) is 2.36. The summed E-state index contributed by atoms with van der Waals surface area (Å²) in [6.45, 7) is 1.98. The van der Waals surface area contributed by atoms with E-state index in [-0.39, 0.29) is 6.61 Å². The van der Waals surface area contributed by atoms with Gasteiger partial charge < -0.3 is 9.84 Å². The highest BCUT2D eigenvalue weighted by Gasteiger charge is 2.23. The Morgan fingerprint density at radius 1 is 0.857 bits per heavy atom. The largest absolute Gasteiger partial charge is 0.490 e. The Labute approximate surface area is 124 Å². The van der Waals surface area contributed by atoms with Crippen LogP contribution in [0.4, 0.5) is 0 Å². The topological polar surface area (TPSA) is 29.5 Å². The monoisotopic (exact) mass is 278 g/mol. The molecular weight excluding hydrogens is 260 g/mol. The maximum atomic E-state index is 10.5. The average Bonchev–Trinajstić information content (AvgIpc) is 2.54.